The molecule has 1 aliphatic heterocycles. The van der Waals surface area contributed by atoms with Crippen molar-refractivity contribution in [2.24, 2.45) is 0 Å². The molecule has 1 saturated heterocycles. The van der Waals surface area contributed by atoms with Crippen LogP contribution in [0.4, 0.5) is 0 Å². The summed E-state index contributed by atoms with van der Waals surface area (Å²) in [6.45, 7) is 10.3. The first-order valence-corrected chi connectivity index (χ1v) is 7.96. The number of ether oxygens (including phenoxy) is 3. The van der Waals surface area contributed by atoms with Crippen molar-refractivity contribution in [3.8, 4) is 11.5 Å². The van der Waals surface area contributed by atoms with Crippen molar-refractivity contribution < 1.29 is 23.9 Å². The van der Waals surface area contributed by atoms with Crippen molar-refractivity contribution in [2.75, 3.05) is 32.8 Å². The molecule has 0 saturated carbocycles. The number of rotatable bonds is 7. The van der Waals surface area contributed by atoms with Gasteiger partial charge in [0.1, 0.15) is 44.7 Å². The van der Waals surface area contributed by atoms with Gasteiger partial charge in [0.05, 0.1) is 6.61 Å². The maximum absolute atomic E-state index is 10.8. The second-order valence-corrected chi connectivity index (χ2v) is 5.77. The summed E-state index contributed by atoms with van der Waals surface area (Å²) in [5.74, 6) is 1.33. The Balaban J connectivity index is 1.89. The molecular formula is C17H26NO4+. The summed E-state index contributed by atoms with van der Waals surface area (Å²) in [4.78, 5) is 12.3. The number of carbonyl (C=O) groups is 1. The maximum atomic E-state index is 10.8. The van der Waals surface area contributed by atoms with Crippen molar-refractivity contribution in [1.82, 2.24) is 0 Å². The highest BCUT2D eigenvalue weighted by Gasteiger charge is 2.25. The largest absolute Gasteiger partial charge is 0.490 e. The topological polar surface area (TPSA) is 49.2 Å². The van der Waals surface area contributed by atoms with Gasteiger partial charge in [0.15, 0.2) is 11.5 Å². The Labute approximate surface area is 132 Å². The van der Waals surface area contributed by atoms with E-state index in [4.69, 9.17) is 14.2 Å². The summed E-state index contributed by atoms with van der Waals surface area (Å²) in [6.07, 6.45) is 1.40. The molecule has 1 fully saturated rings. The van der Waals surface area contributed by atoms with Crippen molar-refractivity contribution in [1.29, 1.82) is 0 Å². The van der Waals surface area contributed by atoms with Crippen molar-refractivity contribution >= 4 is 6.29 Å². The molecule has 5 nitrogen and oxygen atoms in total. The Morgan fingerprint density at radius 1 is 1.23 bits per heavy atom. The molecule has 2 rings (SSSR count). The van der Waals surface area contributed by atoms with Gasteiger partial charge in [-0.3, -0.25) is 4.79 Å². The van der Waals surface area contributed by atoms with Gasteiger partial charge in [0.25, 0.3) is 0 Å². The first kappa shape index (κ1) is 16.8. The van der Waals surface area contributed by atoms with E-state index in [9.17, 15) is 4.79 Å². The van der Waals surface area contributed by atoms with E-state index in [0.29, 0.717) is 42.5 Å². The van der Waals surface area contributed by atoms with Crippen molar-refractivity contribution in [3.63, 3.8) is 0 Å². The lowest BCUT2D eigenvalue weighted by Crippen LogP contribution is -3.16. The van der Waals surface area contributed by atoms with Crippen LogP contribution in [-0.2, 0) is 4.74 Å². The number of morpholine rings is 1. The first-order chi connectivity index (χ1) is 10.6. The van der Waals surface area contributed by atoms with E-state index in [-0.39, 0.29) is 0 Å². The SMILES string of the molecule is CCOc1cc(C=O)ccc1OCC[NH+]1C[C@H](C)O[C@@H](C)C1. The Morgan fingerprint density at radius 2 is 1.95 bits per heavy atom. The fraction of sp³-hybridized carbons (Fsp3) is 0.588. The van der Waals surface area contributed by atoms with Crippen LogP contribution in [0.2, 0.25) is 0 Å². The van der Waals surface area contributed by atoms with Crippen molar-refractivity contribution in [2.45, 2.75) is 33.0 Å². The van der Waals surface area contributed by atoms with E-state index in [1.807, 2.05) is 6.92 Å². The second-order valence-electron chi connectivity index (χ2n) is 5.77. The molecule has 0 unspecified atom stereocenters. The Kier molecular flexibility index (Phi) is 6.21. The average molecular weight is 308 g/mol. The number of carbonyl (C=O) groups excluding carboxylic acids is 1. The van der Waals surface area contributed by atoms with Crippen LogP contribution in [0.3, 0.4) is 0 Å². The summed E-state index contributed by atoms with van der Waals surface area (Å²) in [5, 5.41) is 0. The molecule has 0 radical (unpaired) electrons. The maximum Gasteiger partial charge on any atom is 0.161 e. The molecule has 2 atom stereocenters. The highest BCUT2D eigenvalue weighted by molar-refractivity contribution is 5.76. The predicted octanol–water partition coefficient (Wildman–Crippen LogP) is 0.969. The molecule has 122 valence electrons. The molecule has 1 N–H and O–H groups in total. The van der Waals surface area contributed by atoms with Crippen LogP contribution in [0.1, 0.15) is 31.1 Å². The van der Waals surface area contributed by atoms with E-state index in [1.54, 1.807) is 18.2 Å². The third kappa shape index (κ3) is 4.71. The third-order valence-electron chi connectivity index (χ3n) is 3.73. The van der Waals surface area contributed by atoms with E-state index in [1.165, 1.54) is 4.90 Å². The zero-order valence-corrected chi connectivity index (χ0v) is 13.6. The van der Waals surface area contributed by atoms with Crippen LogP contribution in [0, 0.1) is 0 Å². The van der Waals surface area contributed by atoms with Gasteiger partial charge in [-0.2, -0.15) is 0 Å². The third-order valence-corrected chi connectivity index (χ3v) is 3.73. The van der Waals surface area contributed by atoms with Gasteiger partial charge in [0.2, 0.25) is 0 Å². The van der Waals surface area contributed by atoms with Gasteiger partial charge in [-0.15, -0.1) is 0 Å². The molecule has 1 aromatic carbocycles. The van der Waals surface area contributed by atoms with Crippen LogP contribution in [0.5, 0.6) is 11.5 Å². The lowest BCUT2D eigenvalue weighted by atomic mass is 10.2. The van der Waals surface area contributed by atoms with Crippen LogP contribution >= 0.6 is 0 Å². The fourth-order valence-electron chi connectivity index (χ4n) is 2.88. The highest BCUT2D eigenvalue weighted by atomic mass is 16.5. The standard InChI is InChI=1S/C17H25NO4/c1-4-20-17-9-15(12-19)5-6-16(17)21-8-7-18-10-13(2)22-14(3)11-18/h5-6,9,12-14H,4,7-8,10-11H2,1-3H3/p+1/t13-,14-/m0/s1. The van der Waals surface area contributed by atoms with E-state index in [0.717, 1.165) is 25.9 Å². The van der Waals surface area contributed by atoms with Gasteiger partial charge >= 0.3 is 0 Å². The van der Waals surface area contributed by atoms with Gasteiger partial charge in [-0.1, -0.05) is 0 Å². The van der Waals surface area contributed by atoms with E-state index in [2.05, 4.69) is 13.8 Å². The molecule has 0 amide bonds. The van der Waals surface area contributed by atoms with Crippen LogP contribution in [0.25, 0.3) is 0 Å². The molecule has 1 heterocycles. The predicted molar refractivity (Wildman–Crippen MR) is 84.1 cm³/mol. The molecule has 22 heavy (non-hydrogen) atoms. The molecule has 0 spiro atoms. The van der Waals surface area contributed by atoms with Crippen LogP contribution in [0.15, 0.2) is 18.2 Å². The van der Waals surface area contributed by atoms with E-state index >= 15 is 0 Å². The number of benzene rings is 1. The second kappa shape index (κ2) is 8.15. The molecular weight excluding hydrogens is 282 g/mol. The summed E-state index contributed by atoms with van der Waals surface area (Å²) < 4.78 is 17.1. The summed E-state index contributed by atoms with van der Waals surface area (Å²) >= 11 is 0. The van der Waals surface area contributed by atoms with Crippen LogP contribution < -0.4 is 14.4 Å². The average Bonchev–Trinajstić information content (AvgIpc) is 2.48. The minimum atomic E-state index is 0.296. The summed E-state index contributed by atoms with van der Waals surface area (Å²) in [5.41, 5.74) is 0.595. The Morgan fingerprint density at radius 3 is 2.59 bits per heavy atom. The number of quaternary nitrogens is 1. The fourth-order valence-corrected chi connectivity index (χ4v) is 2.88. The minimum Gasteiger partial charge on any atom is -0.490 e. The summed E-state index contributed by atoms with van der Waals surface area (Å²) in [6, 6.07) is 5.27. The number of aldehydes is 1. The molecule has 5 heteroatoms. The molecule has 0 aromatic heterocycles. The quantitative estimate of drug-likeness (QED) is 0.763. The Bertz CT molecular complexity index is 482. The Hall–Kier alpha value is -1.59. The minimum absolute atomic E-state index is 0.296. The van der Waals surface area contributed by atoms with Gasteiger partial charge in [0, 0.05) is 5.56 Å². The smallest absolute Gasteiger partial charge is 0.161 e. The lowest BCUT2D eigenvalue weighted by molar-refractivity contribution is -0.915. The highest BCUT2D eigenvalue weighted by Crippen LogP contribution is 2.27. The monoisotopic (exact) mass is 308 g/mol. The number of hydrogen-bond acceptors (Lipinski definition) is 4. The number of nitrogens with one attached hydrogen (secondary N) is 1. The molecule has 0 aliphatic carbocycles. The van der Waals surface area contributed by atoms with E-state index < -0.39 is 0 Å². The first-order valence-electron chi connectivity index (χ1n) is 7.96. The molecule has 0 bridgehead atoms. The van der Waals surface area contributed by atoms with Gasteiger partial charge in [-0.05, 0) is 39.0 Å². The van der Waals surface area contributed by atoms with Gasteiger partial charge in [-0.25, -0.2) is 0 Å². The summed E-state index contributed by atoms with van der Waals surface area (Å²) in [7, 11) is 0. The normalized spacial score (nSPS) is 24.8. The zero-order valence-electron chi connectivity index (χ0n) is 13.6. The van der Waals surface area contributed by atoms with Crippen LogP contribution in [-0.4, -0.2) is 51.3 Å². The number of hydrogen-bond donors (Lipinski definition) is 1. The van der Waals surface area contributed by atoms with Gasteiger partial charge < -0.3 is 19.1 Å². The lowest BCUT2D eigenvalue weighted by Gasteiger charge is -2.32. The molecule has 1 aromatic rings. The van der Waals surface area contributed by atoms with Crippen molar-refractivity contribution in [3.05, 3.63) is 23.8 Å². The molecule has 1 aliphatic rings. The zero-order chi connectivity index (χ0) is 15.9.